The number of imidazole rings is 1. The molecule has 1 N–H and O–H groups in total. The minimum atomic E-state index is -1.30. The number of hydrogen-bond donors (Lipinski definition) is 1. The lowest BCUT2D eigenvalue weighted by molar-refractivity contribution is 0.0275. The predicted octanol–water partition coefficient (Wildman–Crippen LogP) is 9.81. The molecule has 0 radical (unpaired) electrons. The Bertz CT molecular complexity index is 1910. The van der Waals surface area contributed by atoms with Gasteiger partial charge in [-0.3, -0.25) is 9.88 Å². The van der Waals surface area contributed by atoms with Crippen molar-refractivity contribution in [1.29, 1.82) is 0 Å². The van der Waals surface area contributed by atoms with E-state index in [2.05, 4.69) is 66.8 Å². The van der Waals surface area contributed by atoms with Crippen molar-refractivity contribution in [3.63, 3.8) is 0 Å². The van der Waals surface area contributed by atoms with Crippen LogP contribution in [0.25, 0.3) is 28.3 Å². The number of carbonyl (C=O) groups is 1. The lowest BCUT2D eigenvalue weighted by atomic mass is 10.0. The molecule has 306 valence electrons. The van der Waals surface area contributed by atoms with E-state index in [0.29, 0.717) is 45.4 Å². The van der Waals surface area contributed by atoms with E-state index in [4.69, 9.17) is 29.3 Å². The van der Waals surface area contributed by atoms with Crippen molar-refractivity contribution >= 4 is 33.7 Å². The zero-order valence-electron chi connectivity index (χ0n) is 36.1. The molecule has 1 fully saturated rings. The summed E-state index contributed by atoms with van der Waals surface area (Å²) in [5.74, 6) is 2.05. The molecule has 12 nitrogen and oxygen atoms in total. The topological polar surface area (TPSA) is 123 Å². The first kappa shape index (κ1) is 43.3. The summed E-state index contributed by atoms with van der Waals surface area (Å²) < 4.78 is 20.7. The Morgan fingerprint density at radius 1 is 1.02 bits per heavy atom. The molecule has 14 heteroatoms. The number of rotatable bonds is 19. The summed E-state index contributed by atoms with van der Waals surface area (Å²) in [6.07, 6.45) is 8.38. The zero-order valence-corrected chi connectivity index (χ0v) is 38.1. The van der Waals surface area contributed by atoms with Gasteiger partial charge in [0.2, 0.25) is 0 Å². The van der Waals surface area contributed by atoms with Crippen molar-refractivity contribution in [2.45, 2.75) is 136 Å². The summed E-state index contributed by atoms with van der Waals surface area (Å²) in [6, 6.07) is 6.03. The van der Waals surface area contributed by atoms with Gasteiger partial charge < -0.3 is 24.1 Å². The number of H-pyrrole nitrogens is 1. The number of nitrogens with zero attached hydrogens (tertiary/aromatic N) is 7. The van der Waals surface area contributed by atoms with E-state index in [1.807, 2.05) is 64.5 Å². The zero-order chi connectivity index (χ0) is 41.0. The summed E-state index contributed by atoms with van der Waals surface area (Å²) in [6.45, 7) is 32.0. The van der Waals surface area contributed by atoms with Crippen LogP contribution >= 0.6 is 0 Å². The van der Waals surface area contributed by atoms with Gasteiger partial charge in [-0.1, -0.05) is 51.9 Å². The van der Waals surface area contributed by atoms with Gasteiger partial charge in [-0.2, -0.15) is 9.61 Å². The third-order valence-electron chi connectivity index (χ3n) is 10.0. The number of nitrogens with one attached hydrogen (secondary N) is 1. The van der Waals surface area contributed by atoms with E-state index >= 15 is 0 Å². The lowest BCUT2D eigenvalue weighted by Crippen LogP contribution is -2.39. The van der Waals surface area contributed by atoms with E-state index in [1.165, 1.54) is 5.56 Å². The minimum absolute atomic E-state index is 0.170. The Morgan fingerprint density at radius 3 is 2.16 bits per heavy atom. The molecule has 1 atom stereocenters. The molecule has 4 aromatic heterocycles. The van der Waals surface area contributed by atoms with Gasteiger partial charge in [0.05, 0.1) is 17.6 Å². The molecule has 4 heterocycles. The second-order valence-corrected chi connectivity index (χ2v) is 30.0. The standard InChI is InChI=1S/C42H66N8O4Si2/c1-14-49(41(51)54-42(5,6)7)29(2)15-19-35-37(32-16-17-32)40(48(27-52-21-23-55(8,9)10)28-53-22-24-56(11,12)13)50-39(47-35)34(26-44-50)33-18-20-36(43-25-33)38-45-30(3)31(4)46-38/h14,18,20,25-26,29,32H,1,15-17,19,21-24,27-28H2,2-13H3,(H,45,46). The molecule has 5 rings (SSSR count). The fraction of sp³-hybridized carbons (Fsp3) is 0.595. The first-order valence-corrected chi connectivity index (χ1v) is 27.6. The van der Waals surface area contributed by atoms with E-state index in [-0.39, 0.29) is 6.04 Å². The molecule has 0 aromatic carbocycles. The Kier molecular flexibility index (Phi) is 13.7. The molecule has 1 aliphatic rings. The fourth-order valence-electron chi connectivity index (χ4n) is 6.39. The Labute approximate surface area is 336 Å². The summed E-state index contributed by atoms with van der Waals surface area (Å²) >= 11 is 0. The molecule has 1 aliphatic carbocycles. The third kappa shape index (κ3) is 11.6. The van der Waals surface area contributed by atoms with Crippen LogP contribution in [0.1, 0.15) is 75.5 Å². The number of fused-ring (bicyclic) bond motifs is 1. The van der Waals surface area contributed by atoms with Gasteiger partial charge in [0, 0.05) is 70.2 Å². The van der Waals surface area contributed by atoms with Gasteiger partial charge in [-0.05, 0) is 91.3 Å². The summed E-state index contributed by atoms with van der Waals surface area (Å²) in [7, 11) is -2.61. The van der Waals surface area contributed by atoms with Crippen LogP contribution in [-0.4, -0.2) is 95.0 Å². The Morgan fingerprint density at radius 2 is 1.66 bits per heavy atom. The van der Waals surface area contributed by atoms with Crippen LogP contribution in [0.4, 0.5) is 10.6 Å². The van der Waals surface area contributed by atoms with Crippen molar-refractivity contribution in [3.8, 4) is 22.6 Å². The number of aryl methyl sites for hydroxylation is 3. The third-order valence-corrected chi connectivity index (χ3v) is 13.4. The molecule has 4 aromatic rings. The lowest BCUT2D eigenvalue weighted by Gasteiger charge is -2.30. The largest absolute Gasteiger partial charge is 0.443 e. The van der Waals surface area contributed by atoms with Crippen LogP contribution in [0.2, 0.25) is 51.4 Å². The van der Waals surface area contributed by atoms with Gasteiger partial charge in [0.25, 0.3) is 0 Å². The molecule has 0 saturated heterocycles. The number of ether oxygens (including phenoxy) is 3. The van der Waals surface area contributed by atoms with Crippen molar-refractivity contribution in [2.75, 3.05) is 31.6 Å². The van der Waals surface area contributed by atoms with Gasteiger partial charge in [-0.25, -0.2) is 14.8 Å². The van der Waals surface area contributed by atoms with Gasteiger partial charge in [0.15, 0.2) is 11.5 Å². The van der Waals surface area contributed by atoms with Crippen LogP contribution in [0, 0.1) is 13.8 Å². The van der Waals surface area contributed by atoms with Gasteiger partial charge in [-0.15, -0.1) is 0 Å². The molecule has 1 amide bonds. The average molecular weight is 803 g/mol. The molecule has 1 saturated carbocycles. The van der Waals surface area contributed by atoms with Crippen molar-refractivity contribution in [1.82, 2.24) is 34.4 Å². The van der Waals surface area contributed by atoms with Crippen LogP contribution in [0.15, 0.2) is 37.3 Å². The van der Waals surface area contributed by atoms with E-state index < -0.39 is 27.8 Å². The second-order valence-electron chi connectivity index (χ2n) is 18.8. The highest BCUT2D eigenvalue weighted by molar-refractivity contribution is 6.76. The maximum absolute atomic E-state index is 13.2. The molecule has 56 heavy (non-hydrogen) atoms. The number of hydrogen-bond acceptors (Lipinski definition) is 9. The SMILES string of the molecule is C=CN(C(=O)OC(C)(C)C)C(C)CCc1nc2c(-c3ccc(-c4nc(C)c(C)[nH]4)nc3)cnn2c(N(COCC[Si](C)(C)C)COCC[Si](C)(C)C)c1C1CC1. The predicted molar refractivity (Wildman–Crippen MR) is 232 cm³/mol. The molecular formula is C42H66N8O4Si2. The van der Waals surface area contributed by atoms with Crippen molar-refractivity contribution < 1.29 is 19.0 Å². The minimum Gasteiger partial charge on any atom is -0.443 e. The molecule has 0 bridgehead atoms. The molecule has 1 unspecified atom stereocenters. The smallest absolute Gasteiger partial charge is 0.414 e. The number of anilines is 1. The maximum atomic E-state index is 13.2. The average Bonchev–Trinajstić information content (AvgIpc) is 3.76. The molecule has 0 spiro atoms. The van der Waals surface area contributed by atoms with E-state index in [9.17, 15) is 4.79 Å². The monoisotopic (exact) mass is 802 g/mol. The van der Waals surface area contributed by atoms with Gasteiger partial charge in [0.1, 0.15) is 30.6 Å². The quantitative estimate of drug-likeness (QED) is 0.0561. The van der Waals surface area contributed by atoms with E-state index in [0.717, 1.165) is 76.1 Å². The highest BCUT2D eigenvalue weighted by Crippen LogP contribution is 2.47. The van der Waals surface area contributed by atoms with E-state index in [1.54, 1.807) is 11.1 Å². The van der Waals surface area contributed by atoms with Crippen molar-refractivity contribution in [2.24, 2.45) is 0 Å². The first-order valence-electron chi connectivity index (χ1n) is 20.2. The second kappa shape index (κ2) is 17.7. The number of carbonyl (C=O) groups excluding carboxylic acids is 1. The Balaban J connectivity index is 1.58. The van der Waals surface area contributed by atoms with Crippen LogP contribution < -0.4 is 4.90 Å². The maximum Gasteiger partial charge on any atom is 0.414 e. The van der Waals surface area contributed by atoms with Crippen LogP contribution in [0.3, 0.4) is 0 Å². The summed E-state index contributed by atoms with van der Waals surface area (Å²) in [5, 5.41) is 5.04. The molecule has 0 aliphatic heterocycles. The van der Waals surface area contributed by atoms with Gasteiger partial charge >= 0.3 is 6.09 Å². The highest BCUT2D eigenvalue weighted by Gasteiger charge is 2.35. The summed E-state index contributed by atoms with van der Waals surface area (Å²) in [5.41, 5.74) is 6.86. The fourth-order valence-corrected chi connectivity index (χ4v) is 7.90. The number of amides is 1. The highest BCUT2D eigenvalue weighted by atomic mass is 28.3. The number of aromatic amines is 1. The molecular weight excluding hydrogens is 737 g/mol. The number of aromatic nitrogens is 6. The summed E-state index contributed by atoms with van der Waals surface area (Å²) in [4.78, 5) is 35.2. The normalized spacial score (nSPS) is 14.3. The van der Waals surface area contributed by atoms with Crippen molar-refractivity contribution in [3.05, 3.63) is 60.0 Å². The number of pyridine rings is 1. The Hall–Kier alpha value is -3.86. The van der Waals surface area contributed by atoms with Crippen LogP contribution in [-0.2, 0) is 20.6 Å². The van der Waals surface area contributed by atoms with Crippen LogP contribution in [0.5, 0.6) is 0 Å². The first-order chi connectivity index (χ1) is 26.2.